The number of aliphatic hydroxyl groups excluding tert-OH is 1. The highest BCUT2D eigenvalue weighted by Gasteiger charge is 2.20. The van der Waals surface area contributed by atoms with Gasteiger partial charge in [0.05, 0.1) is 6.10 Å². The zero-order valence-corrected chi connectivity index (χ0v) is 7.84. The molecule has 0 amide bonds. The van der Waals surface area contributed by atoms with Crippen LogP contribution in [0, 0.1) is 5.92 Å². The maximum atomic E-state index is 9.75. The van der Waals surface area contributed by atoms with Gasteiger partial charge in [-0.1, -0.05) is 19.3 Å². The summed E-state index contributed by atoms with van der Waals surface area (Å²) in [6, 6.07) is 0. The van der Waals surface area contributed by atoms with Gasteiger partial charge in [0, 0.05) is 0 Å². The molecule has 1 saturated carbocycles. The summed E-state index contributed by atoms with van der Waals surface area (Å²) in [7, 11) is 0. The summed E-state index contributed by atoms with van der Waals surface area (Å²) < 4.78 is 0. The van der Waals surface area contributed by atoms with E-state index in [1.807, 2.05) is 0 Å². The second-order valence-electron chi connectivity index (χ2n) is 3.90. The molecule has 0 radical (unpaired) electrons. The van der Waals surface area contributed by atoms with Crippen LogP contribution in [0.1, 0.15) is 44.9 Å². The van der Waals surface area contributed by atoms with Crippen LogP contribution in [0.3, 0.4) is 0 Å². The molecule has 2 nitrogen and oxygen atoms in total. The molecule has 1 rings (SSSR count). The summed E-state index contributed by atoms with van der Waals surface area (Å²) in [6.45, 7) is 0.712. The first-order chi connectivity index (χ1) is 5.84. The molecule has 1 unspecified atom stereocenters. The van der Waals surface area contributed by atoms with Crippen LogP contribution >= 0.6 is 0 Å². The lowest BCUT2D eigenvalue weighted by molar-refractivity contribution is 0.0760. The average Bonchev–Trinajstić information content (AvgIpc) is 2.15. The Labute approximate surface area is 75.2 Å². The van der Waals surface area contributed by atoms with Crippen LogP contribution < -0.4 is 5.73 Å². The van der Waals surface area contributed by atoms with E-state index in [1.54, 1.807) is 0 Å². The van der Waals surface area contributed by atoms with Gasteiger partial charge in [0.1, 0.15) is 0 Å². The molecule has 72 valence electrons. The third kappa shape index (κ3) is 3.11. The summed E-state index contributed by atoms with van der Waals surface area (Å²) in [6.07, 6.45) is 8.24. The van der Waals surface area contributed by atoms with Gasteiger partial charge in [-0.15, -0.1) is 0 Å². The van der Waals surface area contributed by atoms with Crippen molar-refractivity contribution < 1.29 is 5.11 Å². The van der Waals surface area contributed by atoms with Crippen molar-refractivity contribution in [3.8, 4) is 0 Å². The predicted molar refractivity (Wildman–Crippen MR) is 50.9 cm³/mol. The van der Waals surface area contributed by atoms with Gasteiger partial charge in [-0.3, -0.25) is 0 Å². The SMILES string of the molecule is NCCCC(O)C1CCCCC1. The summed E-state index contributed by atoms with van der Waals surface area (Å²) in [5.41, 5.74) is 5.40. The van der Waals surface area contributed by atoms with E-state index in [-0.39, 0.29) is 6.10 Å². The van der Waals surface area contributed by atoms with Crippen LogP contribution in [-0.4, -0.2) is 17.8 Å². The van der Waals surface area contributed by atoms with E-state index in [2.05, 4.69) is 0 Å². The number of nitrogens with two attached hydrogens (primary N) is 1. The lowest BCUT2D eigenvalue weighted by Gasteiger charge is -2.26. The lowest BCUT2D eigenvalue weighted by atomic mass is 9.84. The van der Waals surface area contributed by atoms with Gasteiger partial charge in [-0.2, -0.15) is 0 Å². The van der Waals surface area contributed by atoms with E-state index in [1.165, 1.54) is 32.1 Å². The third-order valence-corrected chi connectivity index (χ3v) is 2.90. The zero-order chi connectivity index (χ0) is 8.81. The Hall–Kier alpha value is -0.0800. The van der Waals surface area contributed by atoms with Crippen molar-refractivity contribution >= 4 is 0 Å². The molecule has 1 aliphatic carbocycles. The first kappa shape index (κ1) is 10.0. The minimum Gasteiger partial charge on any atom is -0.393 e. The van der Waals surface area contributed by atoms with Gasteiger partial charge >= 0.3 is 0 Å². The Morgan fingerprint density at radius 1 is 1.25 bits per heavy atom. The van der Waals surface area contributed by atoms with Crippen LogP contribution in [0.5, 0.6) is 0 Å². The monoisotopic (exact) mass is 171 g/mol. The van der Waals surface area contributed by atoms with E-state index < -0.39 is 0 Å². The number of hydrogen-bond donors (Lipinski definition) is 2. The Balaban J connectivity index is 2.15. The predicted octanol–water partition coefficient (Wildman–Crippen LogP) is 1.67. The maximum Gasteiger partial charge on any atom is 0.0568 e. The standard InChI is InChI=1S/C10H21NO/c11-8-4-7-10(12)9-5-2-1-3-6-9/h9-10,12H,1-8,11H2. The molecule has 0 bridgehead atoms. The topological polar surface area (TPSA) is 46.2 Å². The van der Waals surface area contributed by atoms with Gasteiger partial charge in [-0.25, -0.2) is 0 Å². The van der Waals surface area contributed by atoms with Crippen molar-refractivity contribution in [2.75, 3.05) is 6.54 Å². The van der Waals surface area contributed by atoms with Gasteiger partial charge in [0.15, 0.2) is 0 Å². The van der Waals surface area contributed by atoms with Crippen LogP contribution in [0.25, 0.3) is 0 Å². The molecule has 0 aromatic heterocycles. The molecule has 0 heterocycles. The molecule has 1 aliphatic rings. The molecule has 0 spiro atoms. The maximum absolute atomic E-state index is 9.75. The fraction of sp³-hybridized carbons (Fsp3) is 1.00. The van der Waals surface area contributed by atoms with Gasteiger partial charge in [-0.05, 0) is 38.1 Å². The minimum atomic E-state index is -0.0751. The van der Waals surface area contributed by atoms with Gasteiger partial charge in [0.25, 0.3) is 0 Å². The smallest absolute Gasteiger partial charge is 0.0568 e. The summed E-state index contributed by atoms with van der Waals surface area (Å²) in [5, 5.41) is 9.75. The Kier molecular flexibility index (Phi) is 4.62. The number of aliphatic hydroxyl groups is 1. The number of rotatable bonds is 4. The highest BCUT2D eigenvalue weighted by atomic mass is 16.3. The molecule has 0 saturated heterocycles. The molecule has 0 aromatic carbocycles. The largest absolute Gasteiger partial charge is 0.393 e. The van der Waals surface area contributed by atoms with Crippen molar-refractivity contribution in [3.63, 3.8) is 0 Å². The second-order valence-corrected chi connectivity index (χ2v) is 3.90. The van der Waals surface area contributed by atoms with Crippen molar-refractivity contribution in [2.45, 2.75) is 51.0 Å². The first-order valence-electron chi connectivity index (χ1n) is 5.22. The van der Waals surface area contributed by atoms with Crippen LogP contribution in [-0.2, 0) is 0 Å². The van der Waals surface area contributed by atoms with Crippen LogP contribution in [0.15, 0.2) is 0 Å². The van der Waals surface area contributed by atoms with Crippen molar-refractivity contribution in [3.05, 3.63) is 0 Å². The molecule has 12 heavy (non-hydrogen) atoms. The highest BCUT2D eigenvalue weighted by Crippen LogP contribution is 2.27. The Morgan fingerprint density at radius 2 is 1.92 bits per heavy atom. The van der Waals surface area contributed by atoms with E-state index in [4.69, 9.17) is 5.73 Å². The molecular formula is C10H21NO. The molecule has 0 aromatic rings. The molecule has 1 fully saturated rings. The van der Waals surface area contributed by atoms with Crippen LogP contribution in [0.2, 0.25) is 0 Å². The van der Waals surface area contributed by atoms with E-state index >= 15 is 0 Å². The average molecular weight is 171 g/mol. The summed E-state index contributed by atoms with van der Waals surface area (Å²) in [4.78, 5) is 0. The van der Waals surface area contributed by atoms with Gasteiger partial charge < -0.3 is 10.8 Å². The van der Waals surface area contributed by atoms with Crippen molar-refractivity contribution in [2.24, 2.45) is 11.7 Å². The summed E-state index contributed by atoms with van der Waals surface area (Å²) >= 11 is 0. The summed E-state index contributed by atoms with van der Waals surface area (Å²) in [5.74, 6) is 0.574. The van der Waals surface area contributed by atoms with E-state index in [0.29, 0.717) is 12.5 Å². The fourth-order valence-corrected chi connectivity index (χ4v) is 2.08. The number of hydrogen-bond acceptors (Lipinski definition) is 2. The minimum absolute atomic E-state index is 0.0751. The van der Waals surface area contributed by atoms with Crippen molar-refractivity contribution in [1.82, 2.24) is 0 Å². The second kappa shape index (κ2) is 5.55. The Bertz CT molecular complexity index is 110. The van der Waals surface area contributed by atoms with E-state index in [9.17, 15) is 5.11 Å². The van der Waals surface area contributed by atoms with Crippen molar-refractivity contribution in [1.29, 1.82) is 0 Å². The molecule has 2 heteroatoms. The van der Waals surface area contributed by atoms with E-state index in [0.717, 1.165) is 12.8 Å². The highest BCUT2D eigenvalue weighted by molar-refractivity contribution is 4.73. The molecular weight excluding hydrogens is 150 g/mol. The third-order valence-electron chi connectivity index (χ3n) is 2.90. The Morgan fingerprint density at radius 3 is 2.50 bits per heavy atom. The normalized spacial score (nSPS) is 22.5. The molecule has 1 atom stereocenters. The van der Waals surface area contributed by atoms with Crippen LogP contribution in [0.4, 0.5) is 0 Å². The zero-order valence-electron chi connectivity index (χ0n) is 7.84. The first-order valence-corrected chi connectivity index (χ1v) is 5.22. The lowest BCUT2D eigenvalue weighted by Crippen LogP contribution is -2.23. The quantitative estimate of drug-likeness (QED) is 0.676. The molecule has 0 aliphatic heterocycles. The molecule has 3 N–H and O–H groups in total. The van der Waals surface area contributed by atoms with Gasteiger partial charge in [0.2, 0.25) is 0 Å². The fourth-order valence-electron chi connectivity index (χ4n) is 2.08.